The molecule has 1 aromatic carbocycles. The van der Waals surface area contributed by atoms with Crippen LogP contribution in [0.3, 0.4) is 0 Å². The van der Waals surface area contributed by atoms with Gasteiger partial charge in [-0.05, 0) is 44.0 Å². The minimum absolute atomic E-state index is 0.575. The van der Waals surface area contributed by atoms with Gasteiger partial charge in [-0.1, -0.05) is 19.1 Å². The van der Waals surface area contributed by atoms with Gasteiger partial charge in [0.1, 0.15) is 0 Å². The number of anilines is 1. The van der Waals surface area contributed by atoms with Crippen LogP contribution in [-0.4, -0.2) is 25.7 Å². The summed E-state index contributed by atoms with van der Waals surface area (Å²) in [6, 6.07) is 9.39. The maximum absolute atomic E-state index is 3.57. The van der Waals surface area contributed by atoms with E-state index in [2.05, 4.69) is 55.3 Å². The van der Waals surface area contributed by atoms with Crippen LogP contribution < -0.4 is 10.2 Å². The van der Waals surface area contributed by atoms with Gasteiger partial charge >= 0.3 is 0 Å². The number of nitrogens with zero attached hydrogens (tertiary/aromatic N) is 1. The largest absolute Gasteiger partial charge is 0.370 e. The summed E-state index contributed by atoms with van der Waals surface area (Å²) < 4.78 is 0. The molecule has 1 fully saturated rings. The van der Waals surface area contributed by atoms with Crippen molar-refractivity contribution >= 4 is 5.69 Å². The first-order chi connectivity index (χ1) is 7.65. The Bertz CT molecular complexity index is 336. The van der Waals surface area contributed by atoms with E-state index in [0.29, 0.717) is 12.0 Å². The van der Waals surface area contributed by atoms with Crippen LogP contribution >= 0.6 is 0 Å². The summed E-state index contributed by atoms with van der Waals surface area (Å²) >= 11 is 0. The zero-order chi connectivity index (χ0) is 11.5. The summed E-state index contributed by atoms with van der Waals surface area (Å²) in [4.78, 5) is 2.50. The molecule has 2 unspecified atom stereocenters. The van der Waals surface area contributed by atoms with Crippen molar-refractivity contribution in [3.63, 3.8) is 0 Å². The molecule has 1 N–H and O–H groups in total. The van der Waals surface area contributed by atoms with Crippen LogP contribution in [0.15, 0.2) is 24.3 Å². The molecule has 1 aliphatic rings. The number of aryl methyl sites for hydroxylation is 1. The summed E-state index contributed by atoms with van der Waals surface area (Å²) in [7, 11) is 0. The van der Waals surface area contributed by atoms with Crippen molar-refractivity contribution in [3.8, 4) is 0 Å². The Balaban J connectivity index is 2.18. The van der Waals surface area contributed by atoms with E-state index in [9.17, 15) is 0 Å². The van der Waals surface area contributed by atoms with Gasteiger partial charge in [0, 0.05) is 24.8 Å². The molecule has 1 aliphatic heterocycles. The molecule has 0 amide bonds. The molecular weight excluding hydrogens is 196 g/mol. The lowest BCUT2D eigenvalue weighted by molar-refractivity contribution is 0.525. The van der Waals surface area contributed by atoms with Gasteiger partial charge in [0.05, 0.1) is 0 Å². The number of benzene rings is 1. The average molecular weight is 218 g/mol. The molecule has 16 heavy (non-hydrogen) atoms. The second-order valence-corrected chi connectivity index (χ2v) is 5.16. The van der Waals surface area contributed by atoms with Crippen LogP contribution in [0.5, 0.6) is 0 Å². The normalized spacial score (nSPS) is 26.6. The average Bonchev–Trinajstić information content (AvgIpc) is 2.41. The lowest BCUT2D eigenvalue weighted by Crippen LogP contribution is -2.35. The summed E-state index contributed by atoms with van der Waals surface area (Å²) in [6.45, 7) is 10.1. The van der Waals surface area contributed by atoms with E-state index in [1.54, 1.807) is 0 Å². The minimum Gasteiger partial charge on any atom is -0.370 e. The molecule has 0 aromatic heterocycles. The van der Waals surface area contributed by atoms with Crippen molar-refractivity contribution in [2.24, 2.45) is 5.92 Å². The summed E-state index contributed by atoms with van der Waals surface area (Å²) in [6.07, 6.45) is 0. The molecule has 0 bridgehead atoms. The van der Waals surface area contributed by atoms with Crippen LogP contribution in [-0.2, 0) is 0 Å². The van der Waals surface area contributed by atoms with Crippen LogP contribution in [0, 0.1) is 12.8 Å². The van der Waals surface area contributed by atoms with E-state index < -0.39 is 0 Å². The van der Waals surface area contributed by atoms with Crippen LogP contribution in [0.25, 0.3) is 0 Å². The van der Waals surface area contributed by atoms with Crippen molar-refractivity contribution in [2.45, 2.75) is 26.8 Å². The highest BCUT2D eigenvalue weighted by Gasteiger charge is 2.18. The summed E-state index contributed by atoms with van der Waals surface area (Å²) in [5.41, 5.74) is 2.71. The number of hydrogen-bond donors (Lipinski definition) is 1. The quantitative estimate of drug-likeness (QED) is 0.779. The smallest absolute Gasteiger partial charge is 0.0369 e. The number of rotatable bonds is 1. The first kappa shape index (κ1) is 11.5. The van der Waals surface area contributed by atoms with E-state index >= 15 is 0 Å². The van der Waals surface area contributed by atoms with Gasteiger partial charge in [-0.2, -0.15) is 0 Å². The van der Waals surface area contributed by atoms with Gasteiger partial charge in [0.25, 0.3) is 0 Å². The Morgan fingerprint density at radius 3 is 2.81 bits per heavy atom. The molecule has 0 spiro atoms. The second kappa shape index (κ2) is 4.88. The maximum Gasteiger partial charge on any atom is 0.0369 e. The van der Waals surface area contributed by atoms with Crippen LogP contribution in [0.1, 0.15) is 19.4 Å². The molecule has 0 saturated carbocycles. The predicted molar refractivity (Wildman–Crippen MR) is 70.0 cm³/mol. The van der Waals surface area contributed by atoms with Gasteiger partial charge in [-0.25, -0.2) is 0 Å². The van der Waals surface area contributed by atoms with Gasteiger partial charge in [0.15, 0.2) is 0 Å². The van der Waals surface area contributed by atoms with Crippen molar-refractivity contribution in [1.29, 1.82) is 0 Å². The predicted octanol–water partition coefficient (Wildman–Crippen LogP) is 2.43. The Kier molecular flexibility index (Phi) is 3.49. The fourth-order valence-corrected chi connectivity index (χ4v) is 2.35. The molecule has 1 aromatic rings. The molecule has 1 heterocycles. The second-order valence-electron chi connectivity index (χ2n) is 5.16. The first-order valence-corrected chi connectivity index (χ1v) is 6.20. The van der Waals surface area contributed by atoms with Gasteiger partial charge in [-0.15, -0.1) is 0 Å². The maximum atomic E-state index is 3.57. The highest BCUT2D eigenvalue weighted by Crippen LogP contribution is 2.19. The third kappa shape index (κ3) is 2.76. The summed E-state index contributed by atoms with van der Waals surface area (Å²) in [5, 5.41) is 3.57. The molecule has 1 saturated heterocycles. The molecule has 0 aliphatic carbocycles. The molecular formula is C14H22N2. The third-order valence-corrected chi connectivity index (χ3v) is 3.21. The summed E-state index contributed by atoms with van der Waals surface area (Å²) in [5.74, 6) is 0.713. The lowest BCUT2D eigenvalue weighted by Gasteiger charge is -2.26. The molecule has 2 rings (SSSR count). The molecule has 2 heteroatoms. The standard InChI is InChI=1S/C14H22N2/c1-11-5-4-6-14(7-11)16-9-12(2)8-15-13(3)10-16/h4-7,12-13,15H,8-10H2,1-3H3. The van der Waals surface area contributed by atoms with E-state index in [1.165, 1.54) is 11.3 Å². The highest BCUT2D eigenvalue weighted by atomic mass is 15.2. The van der Waals surface area contributed by atoms with E-state index in [4.69, 9.17) is 0 Å². The molecule has 0 radical (unpaired) electrons. The van der Waals surface area contributed by atoms with E-state index in [1.807, 2.05) is 0 Å². The zero-order valence-electron chi connectivity index (χ0n) is 10.5. The third-order valence-electron chi connectivity index (χ3n) is 3.21. The monoisotopic (exact) mass is 218 g/mol. The Morgan fingerprint density at radius 1 is 1.25 bits per heavy atom. The Hall–Kier alpha value is -1.02. The van der Waals surface area contributed by atoms with E-state index in [-0.39, 0.29) is 0 Å². The SMILES string of the molecule is Cc1cccc(N2CC(C)CNC(C)C2)c1. The minimum atomic E-state index is 0.575. The number of hydrogen-bond acceptors (Lipinski definition) is 2. The van der Waals surface area contributed by atoms with Crippen molar-refractivity contribution in [3.05, 3.63) is 29.8 Å². The van der Waals surface area contributed by atoms with Gasteiger partial charge < -0.3 is 10.2 Å². The molecule has 88 valence electrons. The zero-order valence-corrected chi connectivity index (χ0v) is 10.5. The molecule has 2 nitrogen and oxygen atoms in total. The van der Waals surface area contributed by atoms with Crippen molar-refractivity contribution < 1.29 is 0 Å². The topological polar surface area (TPSA) is 15.3 Å². The Morgan fingerprint density at radius 2 is 2.06 bits per heavy atom. The fourth-order valence-electron chi connectivity index (χ4n) is 2.35. The highest BCUT2D eigenvalue weighted by molar-refractivity contribution is 5.48. The van der Waals surface area contributed by atoms with Crippen molar-refractivity contribution in [2.75, 3.05) is 24.5 Å². The van der Waals surface area contributed by atoms with Crippen LogP contribution in [0.4, 0.5) is 5.69 Å². The fraction of sp³-hybridized carbons (Fsp3) is 0.571. The number of nitrogens with one attached hydrogen (secondary N) is 1. The first-order valence-electron chi connectivity index (χ1n) is 6.20. The lowest BCUT2D eigenvalue weighted by atomic mass is 10.1. The van der Waals surface area contributed by atoms with E-state index in [0.717, 1.165) is 19.6 Å². The van der Waals surface area contributed by atoms with Crippen LogP contribution in [0.2, 0.25) is 0 Å². The van der Waals surface area contributed by atoms with Gasteiger partial charge in [0.2, 0.25) is 0 Å². The Labute approximate surface area is 98.7 Å². The molecule has 2 atom stereocenters. The van der Waals surface area contributed by atoms with Crippen molar-refractivity contribution in [1.82, 2.24) is 5.32 Å². The van der Waals surface area contributed by atoms with Gasteiger partial charge in [-0.3, -0.25) is 0 Å².